The molecule has 1 N–H and O–H groups in total. The second-order valence-electron chi connectivity index (χ2n) is 8.26. The average molecular weight is 395 g/mol. The lowest BCUT2D eigenvalue weighted by Crippen LogP contribution is -2.52. The molecule has 152 valence electrons. The summed E-state index contributed by atoms with van der Waals surface area (Å²) in [6.45, 7) is 5.29. The molecule has 1 aromatic carbocycles. The number of rotatable bonds is 3. The predicted molar refractivity (Wildman–Crippen MR) is 106 cm³/mol. The van der Waals surface area contributed by atoms with Crippen molar-refractivity contribution in [3.63, 3.8) is 0 Å². The van der Waals surface area contributed by atoms with Crippen LogP contribution in [0.2, 0.25) is 0 Å². The minimum Gasteiger partial charge on any atom is -0.480 e. The van der Waals surface area contributed by atoms with Crippen LogP contribution in [0.5, 0.6) is 0 Å². The van der Waals surface area contributed by atoms with Crippen LogP contribution in [0.15, 0.2) is 12.1 Å². The second kappa shape index (κ2) is 7.82. The van der Waals surface area contributed by atoms with Crippen molar-refractivity contribution in [2.45, 2.75) is 52.4 Å². The van der Waals surface area contributed by atoms with E-state index in [-0.39, 0.29) is 43.3 Å². The van der Waals surface area contributed by atoms with Crippen molar-refractivity contribution in [1.82, 2.24) is 4.90 Å². The Hall–Kier alpha value is -2.94. The highest BCUT2D eigenvalue weighted by Crippen LogP contribution is 2.45. The Labute approximate surface area is 170 Å². The van der Waals surface area contributed by atoms with Gasteiger partial charge in [-0.2, -0.15) is 0 Å². The highest BCUT2D eigenvalue weighted by atomic mass is 16.4. The van der Waals surface area contributed by atoms with Crippen LogP contribution in [0.4, 0.5) is 0 Å². The van der Waals surface area contributed by atoms with Crippen LogP contribution in [-0.2, 0) is 19.2 Å². The number of aryl methyl sites for hydroxylation is 2. The van der Waals surface area contributed by atoms with Crippen LogP contribution >= 0.6 is 0 Å². The van der Waals surface area contributed by atoms with Crippen molar-refractivity contribution in [3.05, 3.63) is 34.4 Å². The zero-order chi connectivity index (χ0) is 21.3. The summed E-state index contributed by atoms with van der Waals surface area (Å²) in [6, 6.07) is 3.80. The lowest BCUT2D eigenvalue weighted by molar-refractivity contribution is -0.151. The molecule has 3 rings (SSSR count). The lowest BCUT2D eigenvalue weighted by Gasteiger charge is -2.45. The molecule has 1 heterocycles. The van der Waals surface area contributed by atoms with Gasteiger partial charge in [-0.15, -0.1) is 5.92 Å². The standard InChI is InChI=1S/C23H25NO5/c1-4-5-16-8-14(2)21(15(3)9-16)22-17(25)10-23(11-18(22)26)7-6-19(27)24(13-23)12-20(28)29/h8-9,22H,6-7,10-13H2,1-3H3,(H,28,29). The molecule has 0 atom stereocenters. The normalized spacial score (nSPS) is 24.4. The number of piperidine rings is 1. The number of carboxylic acids is 1. The smallest absolute Gasteiger partial charge is 0.323 e. The maximum Gasteiger partial charge on any atom is 0.323 e. The van der Waals surface area contributed by atoms with E-state index in [1.165, 1.54) is 4.90 Å². The van der Waals surface area contributed by atoms with Gasteiger partial charge in [0.2, 0.25) is 5.91 Å². The van der Waals surface area contributed by atoms with Crippen LogP contribution in [0, 0.1) is 31.1 Å². The predicted octanol–water partition coefficient (Wildman–Crippen LogP) is 2.38. The van der Waals surface area contributed by atoms with Crippen molar-refractivity contribution in [2.75, 3.05) is 13.1 Å². The molecule has 1 saturated carbocycles. The van der Waals surface area contributed by atoms with E-state index in [9.17, 15) is 19.2 Å². The van der Waals surface area contributed by atoms with Gasteiger partial charge in [0.25, 0.3) is 0 Å². The van der Waals surface area contributed by atoms with Gasteiger partial charge >= 0.3 is 5.97 Å². The van der Waals surface area contributed by atoms with E-state index in [2.05, 4.69) is 11.8 Å². The van der Waals surface area contributed by atoms with Gasteiger partial charge in [0.1, 0.15) is 24.0 Å². The van der Waals surface area contributed by atoms with E-state index in [0.717, 1.165) is 22.3 Å². The first-order valence-electron chi connectivity index (χ1n) is 9.75. The number of carbonyl (C=O) groups is 4. The molecule has 1 saturated heterocycles. The molecule has 0 radical (unpaired) electrons. The number of ketones is 2. The molecule has 1 spiro atoms. The molecular weight excluding hydrogens is 370 g/mol. The van der Waals surface area contributed by atoms with Gasteiger partial charge in [0, 0.05) is 36.8 Å². The fourth-order valence-corrected chi connectivity index (χ4v) is 4.85. The first-order chi connectivity index (χ1) is 13.7. The molecule has 1 amide bonds. The van der Waals surface area contributed by atoms with Crippen LogP contribution < -0.4 is 0 Å². The maximum atomic E-state index is 13.1. The van der Waals surface area contributed by atoms with Crippen molar-refractivity contribution < 1.29 is 24.3 Å². The van der Waals surface area contributed by atoms with Crippen LogP contribution in [-0.4, -0.2) is 46.5 Å². The molecule has 1 aliphatic carbocycles. The molecule has 1 aromatic rings. The first kappa shape index (κ1) is 20.8. The molecule has 0 bridgehead atoms. The minimum absolute atomic E-state index is 0.144. The molecule has 0 unspecified atom stereocenters. The van der Waals surface area contributed by atoms with Crippen LogP contribution in [0.25, 0.3) is 0 Å². The van der Waals surface area contributed by atoms with Crippen LogP contribution in [0.3, 0.4) is 0 Å². The van der Waals surface area contributed by atoms with Gasteiger partial charge < -0.3 is 10.0 Å². The van der Waals surface area contributed by atoms with E-state index >= 15 is 0 Å². The molecule has 6 heteroatoms. The summed E-state index contributed by atoms with van der Waals surface area (Å²) in [5.41, 5.74) is 2.71. The Kier molecular flexibility index (Phi) is 5.61. The van der Waals surface area contributed by atoms with E-state index < -0.39 is 23.8 Å². The summed E-state index contributed by atoms with van der Waals surface area (Å²) in [6.07, 6.45) is 0.973. The van der Waals surface area contributed by atoms with Crippen LogP contribution in [0.1, 0.15) is 60.8 Å². The van der Waals surface area contributed by atoms with E-state index in [4.69, 9.17) is 5.11 Å². The van der Waals surface area contributed by atoms with E-state index in [1.54, 1.807) is 6.92 Å². The number of amides is 1. The number of carboxylic acid groups (broad SMARTS) is 1. The van der Waals surface area contributed by atoms with Gasteiger partial charge in [-0.05, 0) is 56.0 Å². The topological polar surface area (TPSA) is 91.8 Å². The average Bonchev–Trinajstić information content (AvgIpc) is 2.60. The maximum absolute atomic E-state index is 13.1. The molecule has 0 aromatic heterocycles. The Morgan fingerprint density at radius 3 is 2.28 bits per heavy atom. The zero-order valence-corrected chi connectivity index (χ0v) is 17.0. The third-order valence-corrected chi connectivity index (χ3v) is 5.97. The number of carbonyl (C=O) groups excluding carboxylic acids is 3. The Morgan fingerprint density at radius 1 is 1.17 bits per heavy atom. The molecule has 2 fully saturated rings. The zero-order valence-electron chi connectivity index (χ0n) is 17.0. The van der Waals surface area contributed by atoms with Gasteiger partial charge in [-0.1, -0.05) is 5.92 Å². The van der Waals surface area contributed by atoms with Crippen molar-refractivity contribution in [1.29, 1.82) is 0 Å². The Morgan fingerprint density at radius 2 is 1.76 bits per heavy atom. The summed E-state index contributed by atoms with van der Waals surface area (Å²) < 4.78 is 0. The molecule has 2 aliphatic rings. The Balaban J connectivity index is 1.89. The summed E-state index contributed by atoms with van der Waals surface area (Å²) in [7, 11) is 0. The number of likely N-dealkylation sites (tertiary alicyclic amines) is 1. The third-order valence-electron chi connectivity index (χ3n) is 5.97. The van der Waals surface area contributed by atoms with Crippen molar-refractivity contribution in [2.24, 2.45) is 5.41 Å². The number of benzene rings is 1. The highest BCUT2D eigenvalue weighted by molar-refractivity contribution is 6.10. The number of hydrogen-bond donors (Lipinski definition) is 1. The fourth-order valence-electron chi connectivity index (χ4n) is 4.85. The first-order valence-corrected chi connectivity index (χ1v) is 9.75. The minimum atomic E-state index is -1.09. The van der Waals surface area contributed by atoms with E-state index in [1.807, 2.05) is 26.0 Å². The summed E-state index contributed by atoms with van der Waals surface area (Å²) in [4.78, 5) is 50.7. The van der Waals surface area contributed by atoms with Gasteiger partial charge in [-0.3, -0.25) is 19.2 Å². The SMILES string of the molecule is CC#Cc1cc(C)c(C2C(=O)CC3(CCC(=O)N(CC(=O)O)C3)CC2=O)c(C)c1. The molecule has 29 heavy (non-hydrogen) atoms. The quantitative estimate of drug-likeness (QED) is 0.627. The van der Waals surface area contributed by atoms with Gasteiger partial charge in [0.15, 0.2) is 0 Å². The molecule has 6 nitrogen and oxygen atoms in total. The largest absolute Gasteiger partial charge is 0.480 e. The monoisotopic (exact) mass is 395 g/mol. The number of aliphatic carboxylic acids is 1. The third kappa shape index (κ3) is 4.09. The van der Waals surface area contributed by atoms with Gasteiger partial charge in [-0.25, -0.2) is 0 Å². The fraction of sp³-hybridized carbons (Fsp3) is 0.478. The Bertz CT molecular complexity index is 924. The molecular formula is C23H25NO5. The summed E-state index contributed by atoms with van der Waals surface area (Å²) in [5, 5.41) is 9.05. The van der Waals surface area contributed by atoms with Crippen molar-refractivity contribution >= 4 is 23.4 Å². The summed E-state index contributed by atoms with van der Waals surface area (Å²) in [5.74, 6) is 3.44. The number of hydrogen-bond acceptors (Lipinski definition) is 4. The highest BCUT2D eigenvalue weighted by Gasteiger charge is 2.49. The second-order valence-corrected chi connectivity index (χ2v) is 8.26. The number of Topliss-reactive ketones (excluding diaryl/α,β-unsaturated/α-hetero) is 2. The number of nitrogens with zero attached hydrogens (tertiary/aromatic N) is 1. The summed E-state index contributed by atoms with van der Waals surface area (Å²) >= 11 is 0. The van der Waals surface area contributed by atoms with E-state index in [0.29, 0.717) is 6.42 Å². The lowest BCUT2D eigenvalue weighted by atomic mass is 9.63. The molecule has 1 aliphatic heterocycles. The van der Waals surface area contributed by atoms with Gasteiger partial charge in [0.05, 0.1) is 0 Å². The van der Waals surface area contributed by atoms with Crippen molar-refractivity contribution in [3.8, 4) is 11.8 Å².